The summed E-state index contributed by atoms with van der Waals surface area (Å²) in [6.45, 7) is 2.44. The van der Waals surface area contributed by atoms with Crippen molar-refractivity contribution >= 4 is 11.8 Å². The molecule has 0 aromatic rings. The minimum absolute atomic E-state index is 0.221. The highest BCUT2D eigenvalue weighted by Gasteiger charge is 2.32. The number of hydrogen-bond donors (Lipinski definition) is 2. The number of aliphatic hydroxyl groups excluding tert-OH is 1. The van der Waals surface area contributed by atoms with Crippen molar-refractivity contribution in [1.29, 1.82) is 0 Å². The maximum absolute atomic E-state index is 9.33. The van der Waals surface area contributed by atoms with E-state index in [1.165, 1.54) is 31.4 Å². The van der Waals surface area contributed by atoms with Gasteiger partial charge >= 0.3 is 0 Å². The van der Waals surface area contributed by atoms with Crippen LogP contribution in [0.1, 0.15) is 25.7 Å². The molecule has 0 unspecified atom stereocenters. The van der Waals surface area contributed by atoms with Crippen LogP contribution in [0.2, 0.25) is 0 Å². The van der Waals surface area contributed by atoms with Gasteiger partial charge in [-0.05, 0) is 19.1 Å². The van der Waals surface area contributed by atoms with Gasteiger partial charge in [-0.2, -0.15) is 11.8 Å². The third-order valence-electron chi connectivity index (χ3n) is 2.98. The third-order valence-corrected chi connectivity index (χ3v) is 3.59. The van der Waals surface area contributed by atoms with Crippen molar-refractivity contribution in [2.45, 2.75) is 25.7 Å². The lowest BCUT2D eigenvalue weighted by atomic mass is 9.87. The van der Waals surface area contributed by atoms with Crippen LogP contribution in [-0.2, 0) is 0 Å². The predicted molar refractivity (Wildman–Crippen MR) is 59.2 cm³/mol. The van der Waals surface area contributed by atoms with Crippen molar-refractivity contribution in [1.82, 2.24) is 5.32 Å². The SMILES string of the molecule is CSCCNCC1(CO)CCCC1. The topological polar surface area (TPSA) is 32.3 Å². The first-order valence-electron chi connectivity index (χ1n) is 5.13. The second-order valence-corrected chi connectivity index (χ2v) is 5.02. The molecule has 1 aliphatic carbocycles. The van der Waals surface area contributed by atoms with E-state index in [1.54, 1.807) is 0 Å². The summed E-state index contributed by atoms with van der Waals surface area (Å²) in [4.78, 5) is 0. The van der Waals surface area contributed by atoms with Gasteiger partial charge in [0.2, 0.25) is 0 Å². The summed E-state index contributed by atoms with van der Waals surface area (Å²) < 4.78 is 0. The highest BCUT2D eigenvalue weighted by Crippen LogP contribution is 2.36. The quantitative estimate of drug-likeness (QED) is 0.642. The van der Waals surface area contributed by atoms with E-state index in [0.717, 1.165) is 13.1 Å². The number of thioether (sulfide) groups is 1. The van der Waals surface area contributed by atoms with E-state index in [-0.39, 0.29) is 5.41 Å². The van der Waals surface area contributed by atoms with Gasteiger partial charge in [-0.25, -0.2) is 0 Å². The zero-order valence-electron chi connectivity index (χ0n) is 8.51. The Bertz CT molecular complexity index is 135. The molecule has 3 heteroatoms. The van der Waals surface area contributed by atoms with Crippen LogP contribution in [0.4, 0.5) is 0 Å². The third kappa shape index (κ3) is 3.49. The normalized spacial score (nSPS) is 20.8. The lowest BCUT2D eigenvalue weighted by molar-refractivity contribution is 0.129. The molecule has 13 heavy (non-hydrogen) atoms. The molecular weight excluding hydrogens is 182 g/mol. The molecule has 1 rings (SSSR count). The molecular formula is C10H21NOS. The molecule has 0 heterocycles. The molecule has 1 fully saturated rings. The second-order valence-electron chi connectivity index (χ2n) is 4.03. The number of hydrogen-bond acceptors (Lipinski definition) is 3. The number of rotatable bonds is 6. The van der Waals surface area contributed by atoms with Gasteiger partial charge < -0.3 is 10.4 Å². The van der Waals surface area contributed by atoms with Gasteiger partial charge in [0.25, 0.3) is 0 Å². The molecule has 0 aromatic heterocycles. The first kappa shape index (κ1) is 11.3. The minimum atomic E-state index is 0.221. The molecule has 0 aromatic carbocycles. The Morgan fingerprint density at radius 3 is 2.62 bits per heavy atom. The van der Waals surface area contributed by atoms with Crippen LogP contribution in [0.15, 0.2) is 0 Å². The Hall–Kier alpha value is 0.270. The van der Waals surface area contributed by atoms with E-state index in [1.807, 2.05) is 11.8 Å². The number of aliphatic hydroxyl groups is 1. The van der Waals surface area contributed by atoms with Crippen molar-refractivity contribution in [2.75, 3.05) is 31.7 Å². The van der Waals surface area contributed by atoms with Crippen molar-refractivity contribution in [3.8, 4) is 0 Å². The summed E-state index contributed by atoms with van der Waals surface area (Å²) in [5.74, 6) is 1.17. The molecule has 0 saturated heterocycles. The lowest BCUT2D eigenvalue weighted by Gasteiger charge is -2.26. The maximum atomic E-state index is 9.33. The first-order valence-corrected chi connectivity index (χ1v) is 6.53. The van der Waals surface area contributed by atoms with Gasteiger partial charge in [0.05, 0.1) is 0 Å². The molecule has 0 bridgehead atoms. The fourth-order valence-corrected chi connectivity index (χ4v) is 2.39. The van der Waals surface area contributed by atoms with Gasteiger partial charge in [0, 0.05) is 30.9 Å². The summed E-state index contributed by atoms with van der Waals surface area (Å²) in [6.07, 6.45) is 7.13. The summed E-state index contributed by atoms with van der Waals surface area (Å²) >= 11 is 1.87. The monoisotopic (exact) mass is 203 g/mol. The summed E-state index contributed by atoms with van der Waals surface area (Å²) in [5, 5.41) is 12.8. The van der Waals surface area contributed by atoms with E-state index in [0.29, 0.717) is 6.61 Å². The smallest absolute Gasteiger partial charge is 0.0499 e. The van der Waals surface area contributed by atoms with E-state index < -0.39 is 0 Å². The fourth-order valence-electron chi connectivity index (χ4n) is 2.04. The largest absolute Gasteiger partial charge is 0.396 e. The van der Waals surface area contributed by atoms with Gasteiger partial charge in [0.1, 0.15) is 0 Å². The van der Waals surface area contributed by atoms with Crippen LogP contribution in [-0.4, -0.2) is 36.8 Å². The van der Waals surface area contributed by atoms with Crippen LogP contribution in [0, 0.1) is 5.41 Å². The van der Waals surface area contributed by atoms with E-state index in [2.05, 4.69) is 11.6 Å². The lowest BCUT2D eigenvalue weighted by Crippen LogP contribution is -2.36. The first-order chi connectivity index (χ1) is 6.33. The number of nitrogens with one attached hydrogen (secondary N) is 1. The van der Waals surface area contributed by atoms with Crippen molar-refractivity contribution in [3.63, 3.8) is 0 Å². The Morgan fingerprint density at radius 1 is 1.38 bits per heavy atom. The van der Waals surface area contributed by atoms with Gasteiger partial charge in [-0.15, -0.1) is 0 Å². The summed E-state index contributed by atoms with van der Waals surface area (Å²) in [6, 6.07) is 0. The Labute approximate surface area is 85.5 Å². The highest BCUT2D eigenvalue weighted by atomic mass is 32.2. The van der Waals surface area contributed by atoms with Crippen LogP contribution in [0.25, 0.3) is 0 Å². The summed E-state index contributed by atoms with van der Waals surface area (Å²) in [5.41, 5.74) is 0.221. The molecule has 0 amide bonds. The minimum Gasteiger partial charge on any atom is -0.396 e. The Balaban J connectivity index is 2.16. The van der Waals surface area contributed by atoms with Crippen LogP contribution < -0.4 is 5.32 Å². The van der Waals surface area contributed by atoms with Crippen LogP contribution in [0.3, 0.4) is 0 Å². The standard InChI is InChI=1S/C10H21NOS/c1-13-7-6-11-8-10(9-12)4-2-3-5-10/h11-12H,2-9H2,1H3. The maximum Gasteiger partial charge on any atom is 0.0499 e. The zero-order chi connectivity index (χ0) is 9.57. The molecule has 0 radical (unpaired) electrons. The fraction of sp³-hybridized carbons (Fsp3) is 1.00. The molecule has 0 atom stereocenters. The van der Waals surface area contributed by atoms with Gasteiger partial charge in [0.15, 0.2) is 0 Å². The molecule has 0 aliphatic heterocycles. The van der Waals surface area contributed by atoms with Gasteiger partial charge in [-0.3, -0.25) is 0 Å². The van der Waals surface area contributed by atoms with Crippen molar-refractivity contribution in [3.05, 3.63) is 0 Å². The van der Waals surface area contributed by atoms with Gasteiger partial charge in [-0.1, -0.05) is 12.8 Å². The van der Waals surface area contributed by atoms with Crippen molar-refractivity contribution in [2.24, 2.45) is 5.41 Å². The second kappa shape index (κ2) is 5.89. The predicted octanol–water partition coefficient (Wildman–Crippen LogP) is 1.49. The molecule has 0 spiro atoms. The molecule has 2 N–H and O–H groups in total. The van der Waals surface area contributed by atoms with Crippen molar-refractivity contribution < 1.29 is 5.11 Å². The van der Waals surface area contributed by atoms with Crippen LogP contribution >= 0.6 is 11.8 Å². The average Bonchev–Trinajstić information content (AvgIpc) is 2.62. The van der Waals surface area contributed by atoms with E-state index in [4.69, 9.17) is 0 Å². The average molecular weight is 203 g/mol. The molecule has 78 valence electrons. The van der Waals surface area contributed by atoms with Crippen LogP contribution in [0.5, 0.6) is 0 Å². The Morgan fingerprint density at radius 2 is 2.08 bits per heavy atom. The van der Waals surface area contributed by atoms with E-state index in [9.17, 15) is 5.11 Å². The highest BCUT2D eigenvalue weighted by molar-refractivity contribution is 7.98. The Kier molecular flexibility index (Phi) is 5.14. The molecule has 2 nitrogen and oxygen atoms in total. The zero-order valence-corrected chi connectivity index (χ0v) is 9.33. The molecule has 1 saturated carbocycles. The molecule has 1 aliphatic rings. The van der Waals surface area contributed by atoms with E-state index >= 15 is 0 Å². The summed E-state index contributed by atoms with van der Waals surface area (Å²) in [7, 11) is 0.